The van der Waals surface area contributed by atoms with E-state index >= 15 is 0 Å². The van der Waals surface area contributed by atoms with Crippen molar-refractivity contribution in [1.29, 1.82) is 0 Å². The van der Waals surface area contributed by atoms with Gasteiger partial charge < -0.3 is 42.8 Å². The second-order valence-electron chi connectivity index (χ2n) is 17.3. The number of amides is 1. The number of ether oxygens (including phenoxy) is 8. The molecular weight excluding hydrogens is 934 g/mol. The number of hydrogen-bond donors (Lipinski definition) is 0. The van der Waals surface area contributed by atoms with Crippen LogP contribution in [-0.4, -0.2) is 72.7 Å². The van der Waals surface area contributed by atoms with Crippen LogP contribution in [-0.2, 0) is 68.6 Å². The van der Waals surface area contributed by atoms with Gasteiger partial charge in [0.25, 0.3) is 0 Å². The zero-order chi connectivity index (χ0) is 51.6. The molecule has 0 radical (unpaired) electrons. The Morgan fingerprint density at radius 2 is 1.31 bits per heavy atom. The van der Waals surface area contributed by atoms with E-state index in [1.54, 1.807) is 59.5 Å². The Balaban J connectivity index is 1.30. The van der Waals surface area contributed by atoms with E-state index in [-0.39, 0.29) is 31.1 Å². The normalized spacial score (nSPS) is 20.7. The van der Waals surface area contributed by atoms with E-state index < -0.39 is 96.8 Å². The lowest BCUT2D eigenvalue weighted by Crippen LogP contribution is -2.59. The standard InChI is InChI=1S/C55H54FNO15/c1-31(58)65-30-49-52(69-34(4)61)54(71-36(6)63)53(70-35(5)62)51(72-49)41-14-10-13-39(27-41)40-17-24-45(48(28-40)66-29-37-11-8-7-9-12-37)50-46(25-26-47(68-33(3)60)38-15-18-42(56)19-16-38)55(64)57(50)43-20-22-44(23-21-43)67-32(2)59/h7-24,27-28,46-47,49-54H,25-26,29-30H2,1-6H3/t46-,47+,49-,50-,51+,52-,53?,54?/m1/s1. The minimum atomic E-state index is -1.38. The number of nitrogens with zero attached hydrogens (tertiary/aromatic N) is 1. The molecule has 72 heavy (non-hydrogen) atoms. The first-order chi connectivity index (χ1) is 34.4. The number of β-lactam (4-membered cyclic amide) rings is 1. The fourth-order valence-corrected chi connectivity index (χ4v) is 9.03. The summed E-state index contributed by atoms with van der Waals surface area (Å²) in [7, 11) is 0. The molecule has 376 valence electrons. The zero-order valence-corrected chi connectivity index (χ0v) is 40.4. The summed E-state index contributed by atoms with van der Waals surface area (Å²) in [5.74, 6) is -4.57. The third kappa shape index (κ3) is 12.9. The molecule has 16 nitrogen and oxygen atoms in total. The molecule has 2 aliphatic rings. The van der Waals surface area contributed by atoms with Crippen molar-refractivity contribution in [2.75, 3.05) is 11.5 Å². The van der Waals surface area contributed by atoms with Gasteiger partial charge in [0.05, 0.1) is 12.0 Å². The summed E-state index contributed by atoms with van der Waals surface area (Å²) in [6, 6.07) is 33.7. The fourth-order valence-electron chi connectivity index (χ4n) is 9.03. The highest BCUT2D eigenvalue weighted by molar-refractivity contribution is 6.03. The molecule has 0 aromatic heterocycles. The van der Waals surface area contributed by atoms with Crippen molar-refractivity contribution in [3.63, 3.8) is 0 Å². The molecular formula is C55H54FNO15. The van der Waals surface area contributed by atoms with Crippen LogP contribution in [0, 0.1) is 11.7 Å². The predicted octanol–water partition coefficient (Wildman–Crippen LogP) is 8.58. The van der Waals surface area contributed by atoms with Crippen molar-refractivity contribution in [3.05, 3.63) is 149 Å². The number of anilines is 1. The third-order valence-corrected chi connectivity index (χ3v) is 12.0. The summed E-state index contributed by atoms with van der Waals surface area (Å²) in [4.78, 5) is 89.8. The molecule has 0 aliphatic carbocycles. The lowest BCUT2D eigenvalue weighted by atomic mass is 9.77. The largest absolute Gasteiger partial charge is 0.489 e. The van der Waals surface area contributed by atoms with Gasteiger partial charge in [0, 0.05) is 52.8 Å². The maximum atomic E-state index is 14.5. The van der Waals surface area contributed by atoms with Crippen LogP contribution in [0.3, 0.4) is 0 Å². The molecule has 2 unspecified atom stereocenters. The van der Waals surface area contributed by atoms with Crippen molar-refractivity contribution in [2.24, 2.45) is 5.92 Å². The molecule has 2 fully saturated rings. The Morgan fingerprint density at radius 3 is 1.94 bits per heavy atom. The first kappa shape index (κ1) is 51.9. The fraction of sp³-hybridized carbons (Fsp3) is 0.327. The lowest BCUT2D eigenvalue weighted by molar-refractivity contribution is -0.254. The molecule has 2 saturated heterocycles. The molecule has 0 N–H and O–H groups in total. The van der Waals surface area contributed by atoms with E-state index in [2.05, 4.69) is 0 Å². The van der Waals surface area contributed by atoms with E-state index in [9.17, 15) is 38.0 Å². The molecule has 5 aromatic rings. The molecule has 8 atom stereocenters. The summed E-state index contributed by atoms with van der Waals surface area (Å²) < 4.78 is 60.5. The van der Waals surface area contributed by atoms with Crippen LogP contribution in [0.2, 0.25) is 0 Å². The van der Waals surface area contributed by atoms with Gasteiger partial charge >= 0.3 is 35.8 Å². The monoisotopic (exact) mass is 987 g/mol. The van der Waals surface area contributed by atoms with E-state index in [4.69, 9.17) is 37.9 Å². The summed E-state index contributed by atoms with van der Waals surface area (Å²) in [5.41, 5.74) is 4.33. The van der Waals surface area contributed by atoms with Crippen LogP contribution in [0.25, 0.3) is 11.1 Å². The van der Waals surface area contributed by atoms with Gasteiger partial charge in [-0.2, -0.15) is 0 Å². The van der Waals surface area contributed by atoms with E-state index in [0.29, 0.717) is 39.3 Å². The maximum Gasteiger partial charge on any atom is 0.308 e. The summed E-state index contributed by atoms with van der Waals surface area (Å²) in [5, 5.41) is 0. The number of hydrogen-bond acceptors (Lipinski definition) is 15. The Hall–Kier alpha value is -7.92. The predicted molar refractivity (Wildman–Crippen MR) is 255 cm³/mol. The first-order valence-corrected chi connectivity index (χ1v) is 23.2. The highest BCUT2D eigenvalue weighted by atomic mass is 19.1. The molecule has 2 aliphatic heterocycles. The molecule has 2 heterocycles. The highest BCUT2D eigenvalue weighted by Gasteiger charge is 2.53. The number of benzene rings is 5. The highest BCUT2D eigenvalue weighted by Crippen LogP contribution is 2.50. The molecule has 7 rings (SSSR count). The second-order valence-corrected chi connectivity index (χ2v) is 17.3. The SMILES string of the molecule is CC(=O)OC[C@H]1O[C@@H](c2cccc(-c3ccc([C@@H]4[C@@H](CC[C@H](OC(C)=O)c5ccc(F)cc5)C(=O)N4c4ccc(OC(C)=O)cc4)c(OCc4ccccc4)c3)c2)C(OC(C)=O)C(OC(C)=O)[C@@H]1OC(C)=O. The Morgan fingerprint density at radius 1 is 0.653 bits per heavy atom. The Bertz CT molecular complexity index is 2780. The zero-order valence-electron chi connectivity index (χ0n) is 40.4. The van der Waals surface area contributed by atoms with Gasteiger partial charge in [0.2, 0.25) is 5.91 Å². The van der Waals surface area contributed by atoms with Crippen LogP contribution in [0.5, 0.6) is 11.5 Å². The van der Waals surface area contributed by atoms with Crippen LogP contribution in [0.15, 0.2) is 121 Å². The third-order valence-electron chi connectivity index (χ3n) is 12.0. The van der Waals surface area contributed by atoms with Crippen molar-refractivity contribution in [2.45, 2.75) is 104 Å². The minimum absolute atomic E-state index is 0.142. The number of rotatable bonds is 18. The topological polar surface area (TPSA) is 197 Å². The van der Waals surface area contributed by atoms with Gasteiger partial charge in [0.1, 0.15) is 48.8 Å². The van der Waals surface area contributed by atoms with Crippen molar-refractivity contribution in [3.8, 4) is 22.6 Å². The van der Waals surface area contributed by atoms with Gasteiger partial charge in [0.15, 0.2) is 18.3 Å². The maximum absolute atomic E-state index is 14.5. The first-order valence-electron chi connectivity index (χ1n) is 23.2. The van der Waals surface area contributed by atoms with E-state index in [0.717, 1.165) is 19.4 Å². The number of carbonyl (C=O) groups excluding carboxylic acids is 7. The van der Waals surface area contributed by atoms with Crippen molar-refractivity contribution >= 4 is 47.4 Å². The number of halogens is 1. The van der Waals surface area contributed by atoms with Crippen molar-refractivity contribution in [1.82, 2.24) is 0 Å². The summed E-state index contributed by atoms with van der Waals surface area (Å²) in [6.45, 7) is 6.98. The molecule has 0 bridgehead atoms. The van der Waals surface area contributed by atoms with Gasteiger partial charge in [-0.05, 0) is 89.2 Å². The van der Waals surface area contributed by atoms with E-state index in [1.165, 1.54) is 39.8 Å². The smallest absolute Gasteiger partial charge is 0.308 e. The Kier molecular flexibility index (Phi) is 16.8. The molecule has 17 heteroatoms. The van der Waals surface area contributed by atoms with E-state index in [1.807, 2.05) is 54.6 Å². The lowest BCUT2D eigenvalue weighted by Gasteiger charge is -2.48. The average Bonchev–Trinajstić information content (AvgIpc) is 3.33. The molecule has 1 amide bonds. The van der Waals surface area contributed by atoms with Crippen LogP contribution >= 0.6 is 0 Å². The summed E-state index contributed by atoms with van der Waals surface area (Å²) in [6.07, 6.45) is -6.67. The quantitative estimate of drug-likeness (QED) is 0.0350. The number of esters is 6. The second kappa shape index (κ2) is 23.3. The van der Waals surface area contributed by atoms with Gasteiger partial charge in [-0.3, -0.25) is 33.6 Å². The Labute approximate surface area is 415 Å². The van der Waals surface area contributed by atoms with Gasteiger partial charge in [-0.1, -0.05) is 72.8 Å². The van der Waals surface area contributed by atoms with Crippen molar-refractivity contribution < 1.29 is 75.8 Å². The molecule has 0 saturated carbocycles. The van der Waals surface area contributed by atoms with Crippen LogP contribution < -0.4 is 14.4 Å². The summed E-state index contributed by atoms with van der Waals surface area (Å²) >= 11 is 0. The minimum Gasteiger partial charge on any atom is -0.489 e. The average molecular weight is 988 g/mol. The van der Waals surface area contributed by atoms with Gasteiger partial charge in [-0.15, -0.1) is 0 Å². The van der Waals surface area contributed by atoms with Gasteiger partial charge in [-0.25, -0.2) is 4.39 Å². The van der Waals surface area contributed by atoms with Crippen LogP contribution in [0.1, 0.15) is 94.9 Å². The van der Waals surface area contributed by atoms with Crippen LogP contribution in [0.4, 0.5) is 10.1 Å². The molecule has 0 spiro atoms. The number of carbonyl (C=O) groups is 7. The molecule has 5 aromatic carbocycles.